The molecule has 0 aliphatic heterocycles. The molecule has 146 valence electrons. The minimum atomic E-state index is -1.11. The lowest BCUT2D eigenvalue weighted by molar-refractivity contribution is -0.145. The van der Waals surface area contributed by atoms with Crippen LogP contribution in [0.2, 0.25) is 0 Å². The van der Waals surface area contributed by atoms with Crippen LogP contribution >= 0.6 is 0 Å². The Kier molecular flexibility index (Phi) is 16.8. The summed E-state index contributed by atoms with van der Waals surface area (Å²) in [6.45, 7) is 2.25. The molecule has 25 heavy (non-hydrogen) atoms. The lowest BCUT2D eigenvalue weighted by Crippen LogP contribution is -2.39. The average molecular weight is 354 g/mol. The van der Waals surface area contributed by atoms with Crippen LogP contribution in [0.4, 0.5) is 0 Å². The van der Waals surface area contributed by atoms with Crippen molar-refractivity contribution in [3.8, 4) is 0 Å². The highest BCUT2D eigenvalue weighted by Crippen LogP contribution is 2.10. The van der Waals surface area contributed by atoms with E-state index in [0.717, 1.165) is 25.7 Å². The summed E-state index contributed by atoms with van der Waals surface area (Å²) in [5, 5.41) is 0. The van der Waals surface area contributed by atoms with E-state index in [9.17, 15) is 9.59 Å². The topological polar surface area (TPSA) is 69.4 Å². The average Bonchev–Trinajstić information content (AvgIpc) is 2.63. The van der Waals surface area contributed by atoms with E-state index in [0.29, 0.717) is 6.42 Å². The van der Waals surface area contributed by atoms with E-state index < -0.39 is 12.0 Å². The fourth-order valence-corrected chi connectivity index (χ4v) is 2.78. The molecule has 0 aromatic heterocycles. The van der Waals surface area contributed by atoms with Gasteiger partial charge in [-0.1, -0.05) is 70.4 Å². The molecule has 0 saturated heterocycles. The number of rotatable bonds is 17. The van der Waals surface area contributed by atoms with Gasteiger partial charge in [-0.15, -0.1) is 0 Å². The molecule has 4 heteroatoms. The predicted octanol–water partition coefficient (Wildman–Crippen LogP) is 5.09. The van der Waals surface area contributed by atoms with Gasteiger partial charge in [0.15, 0.2) is 11.8 Å². The number of esters is 1. The van der Waals surface area contributed by atoms with Crippen LogP contribution in [-0.4, -0.2) is 24.9 Å². The van der Waals surface area contributed by atoms with Crippen LogP contribution in [0.5, 0.6) is 0 Å². The molecule has 0 aliphatic carbocycles. The van der Waals surface area contributed by atoms with Crippen LogP contribution < -0.4 is 5.73 Å². The second kappa shape index (κ2) is 17.7. The van der Waals surface area contributed by atoms with Gasteiger partial charge in [0, 0.05) is 6.42 Å². The minimum Gasteiger partial charge on any atom is -0.468 e. The summed E-state index contributed by atoms with van der Waals surface area (Å²) < 4.78 is 4.47. The minimum absolute atomic E-state index is 0.218. The Morgan fingerprint density at radius 3 is 1.84 bits per heavy atom. The number of allylic oxidation sites excluding steroid dienone is 2. The van der Waals surface area contributed by atoms with Gasteiger partial charge in [-0.25, -0.2) is 4.79 Å². The van der Waals surface area contributed by atoms with Crippen molar-refractivity contribution >= 4 is 11.8 Å². The molecule has 0 heterocycles. The van der Waals surface area contributed by atoms with Gasteiger partial charge in [0.2, 0.25) is 0 Å². The molecule has 1 unspecified atom stereocenters. The van der Waals surface area contributed by atoms with Gasteiger partial charge in [0.25, 0.3) is 0 Å². The molecule has 0 rings (SSSR count). The largest absolute Gasteiger partial charge is 0.468 e. The Bertz CT molecular complexity index is 366. The summed E-state index contributed by atoms with van der Waals surface area (Å²) in [5.41, 5.74) is 5.50. The number of ketones is 1. The zero-order valence-corrected chi connectivity index (χ0v) is 16.4. The van der Waals surface area contributed by atoms with Crippen LogP contribution in [0.3, 0.4) is 0 Å². The van der Waals surface area contributed by atoms with Gasteiger partial charge in [-0.05, 0) is 32.1 Å². The molecule has 1 atom stereocenters. The van der Waals surface area contributed by atoms with Crippen molar-refractivity contribution in [2.24, 2.45) is 5.73 Å². The van der Waals surface area contributed by atoms with Gasteiger partial charge in [-0.3, -0.25) is 4.79 Å². The Morgan fingerprint density at radius 1 is 0.840 bits per heavy atom. The van der Waals surface area contributed by atoms with Gasteiger partial charge in [0.05, 0.1) is 7.11 Å². The third-order valence-electron chi connectivity index (χ3n) is 4.49. The maximum atomic E-state index is 11.6. The third-order valence-corrected chi connectivity index (χ3v) is 4.49. The standard InChI is InChI=1S/C21H39NO3/c1-3-4-5-6-7-8-9-10-11-12-13-14-15-16-17-18-19(23)20(22)21(24)25-2/h10-11,20H,3-9,12-18,22H2,1-2H3/b11-10-. The smallest absolute Gasteiger partial charge is 0.330 e. The Morgan fingerprint density at radius 2 is 1.32 bits per heavy atom. The SMILES string of the molecule is CCCCCCCC/C=C\CCCCCCCC(=O)C(N)C(=O)OC. The first kappa shape index (κ1) is 23.8. The van der Waals surface area contributed by atoms with Crippen LogP contribution in [0.15, 0.2) is 12.2 Å². The molecule has 0 aromatic rings. The summed E-state index contributed by atoms with van der Waals surface area (Å²) in [7, 11) is 1.25. The lowest BCUT2D eigenvalue weighted by Gasteiger charge is -2.07. The van der Waals surface area contributed by atoms with Crippen molar-refractivity contribution in [3.63, 3.8) is 0 Å². The zero-order chi connectivity index (χ0) is 18.8. The summed E-state index contributed by atoms with van der Waals surface area (Å²) in [6.07, 6.45) is 20.9. The van der Waals surface area contributed by atoms with E-state index in [-0.39, 0.29) is 5.78 Å². The first-order valence-corrected chi connectivity index (χ1v) is 10.1. The normalized spacial score (nSPS) is 12.4. The number of unbranched alkanes of at least 4 members (excludes halogenated alkanes) is 11. The molecule has 0 bridgehead atoms. The number of hydrogen-bond acceptors (Lipinski definition) is 4. The first-order chi connectivity index (χ1) is 12.1. The van der Waals surface area contributed by atoms with E-state index in [1.54, 1.807) is 0 Å². The second-order valence-corrected chi connectivity index (χ2v) is 6.80. The molecular formula is C21H39NO3. The highest BCUT2D eigenvalue weighted by Gasteiger charge is 2.21. The second-order valence-electron chi connectivity index (χ2n) is 6.80. The van der Waals surface area contributed by atoms with E-state index in [4.69, 9.17) is 5.73 Å². The number of Topliss-reactive ketones (excluding diaryl/α,β-unsaturated/α-hetero) is 1. The molecular weight excluding hydrogens is 314 g/mol. The summed E-state index contributed by atoms with van der Waals surface area (Å²) in [6, 6.07) is -1.11. The van der Waals surface area contributed by atoms with Crippen molar-refractivity contribution < 1.29 is 14.3 Å². The van der Waals surface area contributed by atoms with Gasteiger partial charge in [0.1, 0.15) is 0 Å². The van der Waals surface area contributed by atoms with Crippen LogP contribution in [-0.2, 0) is 14.3 Å². The molecule has 0 fully saturated rings. The lowest BCUT2D eigenvalue weighted by atomic mass is 10.0. The van der Waals surface area contributed by atoms with Crippen LogP contribution in [0.25, 0.3) is 0 Å². The first-order valence-electron chi connectivity index (χ1n) is 10.1. The molecule has 0 spiro atoms. The summed E-state index contributed by atoms with van der Waals surface area (Å²) in [5.74, 6) is -0.859. The van der Waals surface area contributed by atoms with Gasteiger partial charge in [-0.2, -0.15) is 0 Å². The Labute approximate surface area is 154 Å². The molecule has 2 N–H and O–H groups in total. The highest BCUT2D eigenvalue weighted by atomic mass is 16.5. The zero-order valence-electron chi connectivity index (χ0n) is 16.4. The fourth-order valence-electron chi connectivity index (χ4n) is 2.78. The maximum Gasteiger partial charge on any atom is 0.330 e. The molecule has 0 aliphatic rings. The molecule has 4 nitrogen and oxygen atoms in total. The van der Waals surface area contributed by atoms with Crippen LogP contribution in [0, 0.1) is 0 Å². The fraction of sp³-hybridized carbons (Fsp3) is 0.810. The Hall–Kier alpha value is -1.16. The molecule has 0 amide bonds. The van der Waals surface area contributed by atoms with Crippen molar-refractivity contribution in [1.29, 1.82) is 0 Å². The number of methoxy groups -OCH3 is 1. The number of carbonyl (C=O) groups is 2. The van der Waals surface area contributed by atoms with Crippen molar-refractivity contribution in [2.45, 2.75) is 103 Å². The number of nitrogens with two attached hydrogens (primary N) is 1. The molecule has 0 radical (unpaired) electrons. The summed E-state index contributed by atoms with van der Waals surface area (Å²) >= 11 is 0. The molecule has 0 saturated carbocycles. The number of carbonyl (C=O) groups excluding carboxylic acids is 2. The van der Waals surface area contributed by atoms with Gasteiger partial charge < -0.3 is 10.5 Å². The molecule has 0 aromatic carbocycles. The number of ether oxygens (including phenoxy) is 1. The van der Waals surface area contributed by atoms with E-state index in [2.05, 4.69) is 23.8 Å². The maximum absolute atomic E-state index is 11.6. The van der Waals surface area contributed by atoms with E-state index >= 15 is 0 Å². The predicted molar refractivity (Wildman–Crippen MR) is 104 cm³/mol. The number of hydrogen-bond donors (Lipinski definition) is 1. The van der Waals surface area contributed by atoms with Gasteiger partial charge >= 0.3 is 5.97 Å². The van der Waals surface area contributed by atoms with Crippen molar-refractivity contribution in [1.82, 2.24) is 0 Å². The summed E-state index contributed by atoms with van der Waals surface area (Å²) in [4.78, 5) is 22.8. The van der Waals surface area contributed by atoms with Crippen molar-refractivity contribution in [3.05, 3.63) is 12.2 Å². The Balaban J connectivity index is 3.34. The monoisotopic (exact) mass is 353 g/mol. The van der Waals surface area contributed by atoms with E-state index in [1.807, 2.05) is 0 Å². The quantitative estimate of drug-likeness (QED) is 0.171. The van der Waals surface area contributed by atoms with E-state index in [1.165, 1.54) is 64.9 Å². The third kappa shape index (κ3) is 14.9. The highest BCUT2D eigenvalue weighted by molar-refractivity contribution is 6.02. The van der Waals surface area contributed by atoms with Crippen LogP contribution in [0.1, 0.15) is 96.8 Å². The van der Waals surface area contributed by atoms with Crippen molar-refractivity contribution in [2.75, 3.05) is 7.11 Å².